The molecule has 10 nitrogen and oxygen atoms in total. The third-order valence-corrected chi connectivity index (χ3v) is 8.68. The molecule has 1 aromatic heterocycles. The van der Waals surface area contributed by atoms with E-state index in [1.54, 1.807) is 11.2 Å². The number of aliphatic carboxylic acids is 1. The summed E-state index contributed by atoms with van der Waals surface area (Å²) < 4.78 is 81.5. The molecule has 3 N–H and O–H groups in total. The molecule has 0 spiro atoms. The fourth-order valence-corrected chi connectivity index (χ4v) is 6.26. The number of carboxylic acids is 1. The predicted octanol–water partition coefficient (Wildman–Crippen LogP) is 4.09. The van der Waals surface area contributed by atoms with Crippen LogP contribution in [0.25, 0.3) is 10.9 Å². The minimum Gasteiger partial charge on any atom is -0.481 e. The van der Waals surface area contributed by atoms with E-state index in [0.717, 1.165) is 16.5 Å². The Morgan fingerprint density at radius 2 is 1.52 bits per heavy atom. The van der Waals surface area contributed by atoms with Crippen molar-refractivity contribution in [2.75, 3.05) is 58.9 Å². The number of hydrogen-bond acceptors (Lipinski definition) is 6. The Morgan fingerprint density at radius 1 is 0.875 bits per heavy atom. The van der Waals surface area contributed by atoms with Crippen molar-refractivity contribution in [3.05, 3.63) is 70.9 Å². The van der Waals surface area contributed by atoms with Gasteiger partial charge in [0.1, 0.15) is 0 Å². The van der Waals surface area contributed by atoms with Crippen molar-refractivity contribution in [3.8, 4) is 0 Å². The SMILES string of the molecule is O=C(O)CCCN1CCN(NC(=O)CN2CCN(C(=O)c3cc(C(F)(F)F)cc(C(F)(F)F)c3)[C@H](Cc3c[nH]c4ccccc34)C2)CC1. The topological polar surface area (TPSA) is 112 Å². The second-order valence-corrected chi connectivity index (χ2v) is 12.1. The van der Waals surface area contributed by atoms with Crippen molar-refractivity contribution in [1.29, 1.82) is 0 Å². The second-order valence-electron chi connectivity index (χ2n) is 12.1. The van der Waals surface area contributed by atoms with Crippen LogP contribution in [0.3, 0.4) is 0 Å². The van der Waals surface area contributed by atoms with Crippen LogP contribution in [0.15, 0.2) is 48.7 Å². The number of hydrazine groups is 1. The van der Waals surface area contributed by atoms with Crippen LogP contribution in [0.5, 0.6) is 0 Å². The summed E-state index contributed by atoms with van der Waals surface area (Å²) in [5.74, 6) is -2.10. The molecule has 48 heavy (non-hydrogen) atoms. The zero-order valence-corrected chi connectivity index (χ0v) is 25.9. The number of nitrogens with zero attached hydrogens (tertiary/aromatic N) is 4. The third kappa shape index (κ3) is 8.85. The first-order chi connectivity index (χ1) is 22.7. The van der Waals surface area contributed by atoms with Gasteiger partial charge in [-0.05, 0) is 49.2 Å². The van der Waals surface area contributed by atoms with Gasteiger partial charge in [0.2, 0.25) is 5.91 Å². The average molecular weight is 683 g/mol. The van der Waals surface area contributed by atoms with Crippen molar-refractivity contribution in [2.45, 2.75) is 37.7 Å². The minimum absolute atomic E-state index is 0.00388. The molecular weight excluding hydrogens is 646 g/mol. The number of alkyl halides is 6. The van der Waals surface area contributed by atoms with Gasteiger partial charge in [-0.15, -0.1) is 0 Å². The molecule has 2 fully saturated rings. The monoisotopic (exact) mass is 682 g/mol. The molecule has 3 heterocycles. The summed E-state index contributed by atoms with van der Waals surface area (Å²) in [6.45, 7) is 3.30. The lowest BCUT2D eigenvalue weighted by molar-refractivity contribution is -0.143. The molecule has 1 atom stereocenters. The van der Waals surface area contributed by atoms with Gasteiger partial charge < -0.3 is 19.9 Å². The van der Waals surface area contributed by atoms with Crippen molar-refractivity contribution in [3.63, 3.8) is 0 Å². The molecule has 16 heteroatoms. The zero-order valence-electron chi connectivity index (χ0n) is 25.9. The molecule has 5 rings (SSSR count). The van der Waals surface area contributed by atoms with Gasteiger partial charge in [-0.3, -0.25) is 24.7 Å². The molecule has 2 amide bonds. The number of carboxylic acid groups (broad SMARTS) is 1. The summed E-state index contributed by atoms with van der Waals surface area (Å²) in [6.07, 6.45) is -7.58. The fraction of sp³-hybridized carbons (Fsp3) is 0.469. The van der Waals surface area contributed by atoms with Crippen molar-refractivity contribution in [1.82, 2.24) is 30.1 Å². The highest BCUT2D eigenvalue weighted by Crippen LogP contribution is 2.37. The molecule has 2 aromatic carbocycles. The smallest absolute Gasteiger partial charge is 0.416 e. The van der Waals surface area contributed by atoms with Crippen LogP contribution >= 0.6 is 0 Å². The maximum Gasteiger partial charge on any atom is 0.416 e. The van der Waals surface area contributed by atoms with Crippen molar-refractivity contribution >= 4 is 28.7 Å². The Morgan fingerprint density at radius 3 is 2.17 bits per heavy atom. The third-order valence-electron chi connectivity index (χ3n) is 8.68. The number of nitrogens with one attached hydrogen (secondary N) is 2. The van der Waals surface area contributed by atoms with E-state index in [0.29, 0.717) is 51.3 Å². The van der Waals surface area contributed by atoms with E-state index in [4.69, 9.17) is 5.11 Å². The van der Waals surface area contributed by atoms with Gasteiger partial charge >= 0.3 is 18.3 Å². The Labute approximate surface area is 272 Å². The van der Waals surface area contributed by atoms with Gasteiger partial charge in [-0.1, -0.05) is 18.2 Å². The number of amides is 2. The number of aromatic nitrogens is 1. The highest BCUT2D eigenvalue weighted by atomic mass is 19.4. The van der Waals surface area contributed by atoms with Crippen LogP contribution in [0.1, 0.15) is 39.9 Å². The maximum atomic E-state index is 13.7. The van der Waals surface area contributed by atoms with E-state index in [1.165, 1.54) is 4.90 Å². The first-order valence-corrected chi connectivity index (χ1v) is 15.5. The fourth-order valence-electron chi connectivity index (χ4n) is 6.26. The highest BCUT2D eigenvalue weighted by Gasteiger charge is 2.39. The molecule has 2 aliphatic heterocycles. The summed E-state index contributed by atoms with van der Waals surface area (Å²) in [6, 6.07) is 7.62. The Kier molecular flexibility index (Phi) is 10.7. The number of aromatic amines is 1. The first-order valence-electron chi connectivity index (χ1n) is 15.5. The molecule has 0 aliphatic carbocycles. The number of halogens is 6. The Bertz CT molecular complexity index is 1590. The van der Waals surface area contributed by atoms with E-state index < -0.39 is 47.0 Å². The van der Waals surface area contributed by atoms with E-state index in [2.05, 4.69) is 15.3 Å². The molecule has 0 radical (unpaired) electrons. The number of para-hydroxylation sites is 1. The number of rotatable bonds is 10. The van der Waals surface area contributed by atoms with Gasteiger partial charge in [-0.25, -0.2) is 5.01 Å². The number of H-pyrrole nitrogens is 1. The average Bonchev–Trinajstić information content (AvgIpc) is 3.43. The lowest BCUT2D eigenvalue weighted by Gasteiger charge is -2.42. The van der Waals surface area contributed by atoms with E-state index >= 15 is 0 Å². The summed E-state index contributed by atoms with van der Waals surface area (Å²) in [7, 11) is 0. The quantitative estimate of drug-likeness (QED) is 0.277. The zero-order chi connectivity index (χ0) is 34.6. The minimum atomic E-state index is -5.10. The van der Waals surface area contributed by atoms with Crippen LogP contribution in [0, 0.1) is 0 Å². The molecule has 3 aromatic rings. The molecule has 2 aliphatic rings. The Balaban J connectivity index is 1.30. The largest absolute Gasteiger partial charge is 0.481 e. The first kappa shape index (κ1) is 35.2. The van der Waals surface area contributed by atoms with Gasteiger partial charge in [-0.2, -0.15) is 26.3 Å². The van der Waals surface area contributed by atoms with Gasteiger partial charge in [0, 0.05) is 80.9 Å². The van der Waals surface area contributed by atoms with E-state index in [1.807, 2.05) is 29.2 Å². The molecule has 2 saturated heterocycles. The summed E-state index contributed by atoms with van der Waals surface area (Å²) in [4.78, 5) is 45.9. The number of benzene rings is 2. The van der Waals surface area contributed by atoms with Crippen LogP contribution < -0.4 is 5.43 Å². The van der Waals surface area contributed by atoms with Crippen molar-refractivity contribution < 1.29 is 45.8 Å². The normalized spacial score (nSPS) is 18.7. The standard InChI is InChI=1S/C32H36F6N6O4/c33-31(34,35)23-14-21(15-24(17-23)32(36,37)38)30(48)44-13-10-42(19-25(44)16-22-18-39-27-5-2-1-4-26(22)27)20-28(45)40-43-11-8-41(9-12-43)7-3-6-29(46)47/h1-2,4-5,14-15,17-18,25,39H,3,6-13,16,19-20H2,(H,40,45)(H,46,47)/t25-/m1/s1. The van der Waals surface area contributed by atoms with Crippen LogP contribution in [-0.2, 0) is 28.4 Å². The predicted molar refractivity (Wildman–Crippen MR) is 163 cm³/mol. The summed E-state index contributed by atoms with van der Waals surface area (Å²) in [5, 5.41) is 11.5. The number of carbonyl (C=O) groups excluding carboxylic acids is 2. The summed E-state index contributed by atoms with van der Waals surface area (Å²) >= 11 is 0. The molecule has 0 unspecified atom stereocenters. The molecule has 0 bridgehead atoms. The number of hydrogen-bond donors (Lipinski definition) is 3. The van der Waals surface area contributed by atoms with E-state index in [9.17, 15) is 40.7 Å². The second kappa shape index (κ2) is 14.5. The number of carbonyl (C=O) groups is 3. The Hall–Kier alpha value is -4.15. The van der Waals surface area contributed by atoms with Gasteiger partial charge in [0.15, 0.2) is 0 Å². The lowest BCUT2D eigenvalue weighted by atomic mass is 9.98. The van der Waals surface area contributed by atoms with E-state index in [-0.39, 0.29) is 51.0 Å². The molecule has 260 valence electrons. The lowest BCUT2D eigenvalue weighted by Crippen LogP contribution is -2.59. The van der Waals surface area contributed by atoms with Crippen LogP contribution in [0.2, 0.25) is 0 Å². The van der Waals surface area contributed by atoms with Crippen molar-refractivity contribution in [2.24, 2.45) is 0 Å². The number of fused-ring (bicyclic) bond motifs is 1. The molecular formula is C32H36F6N6O4. The number of piperazine rings is 2. The van der Waals surface area contributed by atoms with Crippen LogP contribution in [0.4, 0.5) is 26.3 Å². The van der Waals surface area contributed by atoms with Crippen LogP contribution in [-0.4, -0.2) is 113 Å². The highest BCUT2D eigenvalue weighted by molar-refractivity contribution is 5.95. The van der Waals surface area contributed by atoms with Gasteiger partial charge in [0.25, 0.3) is 5.91 Å². The summed E-state index contributed by atoms with van der Waals surface area (Å²) in [5.41, 5.74) is 0.669. The molecule has 0 saturated carbocycles. The maximum absolute atomic E-state index is 13.7. The van der Waals surface area contributed by atoms with Gasteiger partial charge in [0.05, 0.1) is 17.7 Å².